The Balaban J connectivity index is 1.47. The summed E-state index contributed by atoms with van der Waals surface area (Å²) in [5.74, 6) is 1.01. The van der Waals surface area contributed by atoms with Gasteiger partial charge < -0.3 is 23.5 Å². The highest BCUT2D eigenvalue weighted by Crippen LogP contribution is 2.34. The Hall–Kier alpha value is -3.62. The number of aryl methyl sites for hydroxylation is 1. The number of amides is 1. The number of carbonyl (C=O) groups is 1. The molecule has 0 radical (unpaired) electrons. The van der Waals surface area contributed by atoms with Crippen molar-refractivity contribution in [3.8, 4) is 17.2 Å². The number of carbonyl (C=O) groups excluding carboxylic acids is 1. The van der Waals surface area contributed by atoms with Crippen LogP contribution < -0.4 is 19.1 Å². The number of benzene rings is 2. The predicted molar refractivity (Wildman–Crippen MR) is 109 cm³/mol. The maximum Gasteiger partial charge on any atom is 0.573 e. The molecule has 9 heteroatoms. The van der Waals surface area contributed by atoms with Gasteiger partial charge in [0.15, 0.2) is 17.3 Å². The topological polar surface area (TPSA) is 61.1 Å². The number of hydrogen-bond acceptors (Lipinski definition) is 5. The highest BCUT2D eigenvalue weighted by Gasteiger charge is 2.32. The lowest BCUT2D eigenvalue weighted by Crippen LogP contribution is -2.35. The van der Waals surface area contributed by atoms with Crippen LogP contribution >= 0.6 is 0 Å². The van der Waals surface area contributed by atoms with Crippen LogP contribution in [0.3, 0.4) is 0 Å². The zero-order valence-electron chi connectivity index (χ0n) is 17.1. The van der Waals surface area contributed by atoms with Crippen molar-refractivity contribution in [1.82, 2.24) is 0 Å². The number of furan rings is 1. The monoisotopic (exact) mass is 447 g/mol. The van der Waals surface area contributed by atoms with Crippen molar-refractivity contribution in [2.24, 2.45) is 0 Å². The van der Waals surface area contributed by atoms with Gasteiger partial charge in [0.1, 0.15) is 18.1 Å². The largest absolute Gasteiger partial charge is 0.573 e. The van der Waals surface area contributed by atoms with Crippen molar-refractivity contribution in [2.45, 2.75) is 25.8 Å². The van der Waals surface area contributed by atoms with Crippen molar-refractivity contribution in [3.63, 3.8) is 0 Å². The second-order valence-corrected chi connectivity index (χ2v) is 7.10. The standard InChI is InChI=1S/C23H20F3NO5/c1-29-19-6-2-3-7-20(19)30-14-17-9-11-21(31-17)22(28)27-12-4-5-15-13-16(8-10-18(15)27)32-23(24,25)26/h2-3,6-11,13H,4-5,12,14H2,1H3. The Morgan fingerprint density at radius 1 is 1.09 bits per heavy atom. The van der Waals surface area contributed by atoms with E-state index >= 15 is 0 Å². The zero-order valence-corrected chi connectivity index (χ0v) is 17.1. The van der Waals surface area contributed by atoms with Gasteiger partial charge in [-0.25, -0.2) is 0 Å². The number of para-hydroxylation sites is 2. The number of halogens is 3. The Morgan fingerprint density at radius 2 is 1.88 bits per heavy atom. The third kappa shape index (κ3) is 4.82. The third-order valence-corrected chi connectivity index (χ3v) is 4.96. The Bertz CT molecular complexity index is 1110. The number of alkyl halides is 3. The molecule has 0 spiro atoms. The van der Waals surface area contributed by atoms with Crippen LogP contribution in [0.1, 0.15) is 28.3 Å². The van der Waals surface area contributed by atoms with Gasteiger partial charge in [0.2, 0.25) is 0 Å². The van der Waals surface area contributed by atoms with Gasteiger partial charge >= 0.3 is 6.36 Å². The molecule has 2 aromatic carbocycles. The van der Waals surface area contributed by atoms with Crippen LogP contribution in [0, 0.1) is 0 Å². The summed E-state index contributed by atoms with van der Waals surface area (Å²) in [7, 11) is 1.54. The van der Waals surface area contributed by atoms with Crippen molar-refractivity contribution in [3.05, 3.63) is 71.7 Å². The van der Waals surface area contributed by atoms with Crippen molar-refractivity contribution >= 4 is 11.6 Å². The summed E-state index contributed by atoms with van der Waals surface area (Å²) in [6.07, 6.45) is -3.61. The number of nitrogens with zero attached hydrogens (tertiary/aromatic N) is 1. The molecule has 6 nitrogen and oxygen atoms in total. The minimum atomic E-state index is -4.77. The number of methoxy groups -OCH3 is 1. The summed E-state index contributed by atoms with van der Waals surface area (Å²) in [5.41, 5.74) is 1.15. The third-order valence-electron chi connectivity index (χ3n) is 4.96. The maximum absolute atomic E-state index is 13.0. The summed E-state index contributed by atoms with van der Waals surface area (Å²) in [4.78, 5) is 14.5. The molecule has 1 amide bonds. The van der Waals surface area contributed by atoms with E-state index in [0.29, 0.717) is 47.9 Å². The summed E-state index contributed by atoms with van der Waals surface area (Å²) < 4.78 is 58.1. The quantitative estimate of drug-likeness (QED) is 0.509. The van der Waals surface area contributed by atoms with Gasteiger partial charge in [-0.15, -0.1) is 13.2 Å². The summed E-state index contributed by atoms with van der Waals surface area (Å²) >= 11 is 0. The van der Waals surface area contributed by atoms with E-state index in [1.54, 1.807) is 31.4 Å². The van der Waals surface area contributed by atoms with E-state index in [-0.39, 0.29) is 24.0 Å². The van der Waals surface area contributed by atoms with Crippen LogP contribution in [0.2, 0.25) is 0 Å². The van der Waals surface area contributed by atoms with E-state index in [4.69, 9.17) is 13.9 Å². The molecule has 1 aliphatic heterocycles. The summed E-state index contributed by atoms with van der Waals surface area (Å²) in [6.45, 7) is 0.529. The first-order valence-corrected chi connectivity index (χ1v) is 9.89. The minimum absolute atomic E-state index is 0.0996. The van der Waals surface area contributed by atoms with E-state index in [0.717, 1.165) is 0 Å². The number of ether oxygens (including phenoxy) is 3. The molecule has 0 aliphatic carbocycles. The number of anilines is 1. The lowest BCUT2D eigenvalue weighted by molar-refractivity contribution is -0.274. The molecule has 0 fully saturated rings. The molecule has 2 heterocycles. The van der Waals surface area contributed by atoms with E-state index in [1.807, 2.05) is 12.1 Å². The van der Waals surface area contributed by atoms with Crippen LogP contribution in [-0.2, 0) is 13.0 Å². The molecule has 0 saturated heterocycles. The molecule has 0 saturated carbocycles. The van der Waals surface area contributed by atoms with Crippen molar-refractivity contribution in [1.29, 1.82) is 0 Å². The molecule has 0 atom stereocenters. The molecule has 1 aliphatic rings. The number of fused-ring (bicyclic) bond motifs is 1. The van der Waals surface area contributed by atoms with Crippen LogP contribution in [-0.4, -0.2) is 25.9 Å². The Morgan fingerprint density at radius 3 is 2.62 bits per heavy atom. The highest BCUT2D eigenvalue weighted by atomic mass is 19.4. The van der Waals surface area contributed by atoms with Gasteiger partial charge in [0, 0.05) is 12.2 Å². The second kappa shape index (κ2) is 8.86. The van der Waals surface area contributed by atoms with Crippen molar-refractivity contribution in [2.75, 3.05) is 18.6 Å². The van der Waals surface area contributed by atoms with Gasteiger partial charge in [-0.1, -0.05) is 12.1 Å². The van der Waals surface area contributed by atoms with Crippen LogP contribution in [0.15, 0.2) is 59.0 Å². The van der Waals surface area contributed by atoms with Crippen LogP contribution in [0.4, 0.5) is 18.9 Å². The first kappa shape index (κ1) is 21.6. The number of rotatable bonds is 6. The first-order valence-electron chi connectivity index (χ1n) is 9.89. The first-order chi connectivity index (χ1) is 15.3. The molecule has 32 heavy (non-hydrogen) atoms. The molecule has 0 bridgehead atoms. The van der Waals surface area contributed by atoms with Gasteiger partial charge in [-0.2, -0.15) is 0 Å². The van der Waals surface area contributed by atoms with Crippen molar-refractivity contribution < 1.29 is 36.6 Å². The van der Waals surface area contributed by atoms with E-state index in [9.17, 15) is 18.0 Å². The SMILES string of the molecule is COc1ccccc1OCc1ccc(C(=O)N2CCCc3cc(OC(F)(F)F)ccc32)o1. The lowest BCUT2D eigenvalue weighted by atomic mass is 10.0. The van der Waals surface area contributed by atoms with E-state index < -0.39 is 6.36 Å². The Kier molecular flexibility index (Phi) is 5.98. The highest BCUT2D eigenvalue weighted by molar-refractivity contribution is 6.05. The van der Waals surface area contributed by atoms with E-state index in [1.165, 1.54) is 23.1 Å². The van der Waals surface area contributed by atoms with Crippen LogP contribution in [0.25, 0.3) is 0 Å². The van der Waals surface area contributed by atoms with Gasteiger partial charge in [0.25, 0.3) is 5.91 Å². The van der Waals surface area contributed by atoms with Gasteiger partial charge in [0.05, 0.1) is 7.11 Å². The molecular formula is C23H20F3NO5. The second-order valence-electron chi connectivity index (χ2n) is 7.10. The maximum atomic E-state index is 13.0. The average Bonchev–Trinajstić information content (AvgIpc) is 3.25. The molecule has 3 aromatic rings. The van der Waals surface area contributed by atoms with Gasteiger partial charge in [-0.3, -0.25) is 4.79 Å². The fourth-order valence-electron chi connectivity index (χ4n) is 3.57. The predicted octanol–water partition coefficient (Wildman–Crippen LogP) is 5.36. The molecule has 0 unspecified atom stereocenters. The average molecular weight is 447 g/mol. The molecule has 168 valence electrons. The van der Waals surface area contributed by atoms with Crippen LogP contribution in [0.5, 0.6) is 17.2 Å². The smallest absolute Gasteiger partial charge is 0.493 e. The molecular weight excluding hydrogens is 427 g/mol. The van der Waals surface area contributed by atoms with E-state index in [2.05, 4.69) is 4.74 Å². The summed E-state index contributed by atoms with van der Waals surface area (Å²) in [5, 5.41) is 0. The normalized spacial score (nSPS) is 13.4. The molecule has 0 N–H and O–H groups in total. The number of hydrogen-bond donors (Lipinski definition) is 0. The lowest BCUT2D eigenvalue weighted by Gasteiger charge is -2.29. The molecule has 4 rings (SSSR count). The van der Waals surface area contributed by atoms with Gasteiger partial charge in [-0.05, 0) is 60.9 Å². The summed E-state index contributed by atoms with van der Waals surface area (Å²) in [6, 6.07) is 14.3. The minimum Gasteiger partial charge on any atom is -0.493 e. The zero-order chi connectivity index (χ0) is 22.7. The fraction of sp³-hybridized carbons (Fsp3) is 0.261. The Labute approximate surface area is 182 Å². The molecule has 1 aromatic heterocycles. The fourth-order valence-corrected chi connectivity index (χ4v) is 3.57.